The van der Waals surface area contributed by atoms with Crippen LogP contribution in [0.15, 0.2) is 18.3 Å². The Morgan fingerprint density at radius 2 is 2.42 bits per heavy atom. The van der Waals surface area contributed by atoms with E-state index < -0.39 is 0 Å². The highest BCUT2D eigenvalue weighted by Crippen LogP contribution is 2.20. The molecule has 2 rings (SSSR count). The molecule has 0 aliphatic carbocycles. The largest absolute Gasteiger partial charge is 0.381 e. The van der Waals surface area contributed by atoms with Gasteiger partial charge in [0.1, 0.15) is 5.82 Å². The number of pyridine rings is 1. The van der Waals surface area contributed by atoms with Crippen LogP contribution >= 0.6 is 0 Å². The zero-order valence-electron chi connectivity index (χ0n) is 12.1. The van der Waals surface area contributed by atoms with E-state index in [1.54, 1.807) is 0 Å². The zero-order chi connectivity index (χ0) is 13.5. The van der Waals surface area contributed by atoms with Crippen LogP contribution in [0.3, 0.4) is 0 Å². The Morgan fingerprint density at radius 3 is 3.16 bits per heavy atom. The van der Waals surface area contributed by atoms with Crippen molar-refractivity contribution in [1.29, 1.82) is 0 Å². The van der Waals surface area contributed by atoms with Crippen LogP contribution in [0.25, 0.3) is 0 Å². The van der Waals surface area contributed by atoms with Crippen molar-refractivity contribution >= 4 is 11.5 Å². The van der Waals surface area contributed by atoms with Gasteiger partial charge in [-0.1, -0.05) is 6.92 Å². The van der Waals surface area contributed by atoms with Gasteiger partial charge in [0.2, 0.25) is 0 Å². The number of nitrogens with one attached hydrogen (secondary N) is 1. The molecule has 1 aromatic heterocycles. The van der Waals surface area contributed by atoms with Crippen LogP contribution in [0.2, 0.25) is 0 Å². The van der Waals surface area contributed by atoms with Crippen molar-refractivity contribution in [2.75, 3.05) is 43.6 Å². The Kier molecular flexibility index (Phi) is 5.45. The maximum atomic E-state index is 5.54. The van der Waals surface area contributed by atoms with Crippen LogP contribution < -0.4 is 10.2 Å². The van der Waals surface area contributed by atoms with Crippen molar-refractivity contribution < 1.29 is 4.74 Å². The van der Waals surface area contributed by atoms with Gasteiger partial charge in [0, 0.05) is 44.7 Å². The van der Waals surface area contributed by atoms with E-state index in [1.807, 2.05) is 6.20 Å². The van der Waals surface area contributed by atoms with Gasteiger partial charge in [-0.15, -0.1) is 0 Å². The first-order valence-corrected chi connectivity index (χ1v) is 7.28. The summed E-state index contributed by atoms with van der Waals surface area (Å²) in [6.45, 7) is 6.01. The van der Waals surface area contributed by atoms with Crippen molar-refractivity contribution in [2.24, 2.45) is 5.92 Å². The number of ether oxygens (including phenoxy) is 1. The molecule has 0 amide bonds. The number of nitrogens with zero attached hydrogens (tertiary/aromatic N) is 2. The number of aromatic nitrogens is 1. The summed E-state index contributed by atoms with van der Waals surface area (Å²) in [6, 6.07) is 4.19. The molecule has 1 aromatic rings. The quantitative estimate of drug-likeness (QED) is 0.856. The first kappa shape index (κ1) is 14.1. The van der Waals surface area contributed by atoms with Gasteiger partial charge in [0.05, 0.1) is 6.61 Å². The fraction of sp³-hybridized carbons (Fsp3) is 0.667. The number of hydrogen-bond acceptors (Lipinski definition) is 4. The van der Waals surface area contributed by atoms with Crippen LogP contribution in [-0.2, 0) is 4.74 Å². The molecule has 0 bridgehead atoms. The van der Waals surface area contributed by atoms with Gasteiger partial charge >= 0.3 is 0 Å². The maximum Gasteiger partial charge on any atom is 0.127 e. The highest BCUT2D eigenvalue weighted by atomic mass is 16.5. The van der Waals surface area contributed by atoms with Crippen molar-refractivity contribution in [1.82, 2.24) is 4.98 Å². The molecule has 106 valence electrons. The summed E-state index contributed by atoms with van der Waals surface area (Å²) < 4.78 is 5.54. The van der Waals surface area contributed by atoms with E-state index >= 15 is 0 Å². The second kappa shape index (κ2) is 7.34. The molecule has 1 aliphatic heterocycles. The Hall–Kier alpha value is -1.29. The molecule has 0 radical (unpaired) electrons. The van der Waals surface area contributed by atoms with E-state index in [0.717, 1.165) is 38.5 Å². The molecule has 2 heterocycles. The normalized spacial score (nSPS) is 19.2. The van der Waals surface area contributed by atoms with E-state index in [4.69, 9.17) is 4.74 Å². The van der Waals surface area contributed by atoms with Gasteiger partial charge in [-0.05, 0) is 31.2 Å². The molecule has 1 saturated heterocycles. The minimum atomic E-state index is 0.652. The molecule has 1 aliphatic rings. The summed E-state index contributed by atoms with van der Waals surface area (Å²) in [5.41, 5.74) is 1.22. The molecule has 4 nitrogen and oxygen atoms in total. The van der Waals surface area contributed by atoms with E-state index in [-0.39, 0.29) is 0 Å². The molecule has 4 heteroatoms. The highest BCUT2D eigenvalue weighted by molar-refractivity contribution is 5.53. The van der Waals surface area contributed by atoms with Gasteiger partial charge in [-0.2, -0.15) is 0 Å². The summed E-state index contributed by atoms with van der Waals surface area (Å²) >= 11 is 0. The van der Waals surface area contributed by atoms with Gasteiger partial charge < -0.3 is 15.0 Å². The van der Waals surface area contributed by atoms with E-state index in [0.29, 0.717) is 5.92 Å². The van der Waals surface area contributed by atoms with E-state index in [1.165, 1.54) is 18.5 Å². The lowest BCUT2D eigenvalue weighted by molar-refractivity contribution is 0.0576. The molecule has 0 saturated carbocycles. The molecular weight excluding hydrogens is 238 g/mol. The second-order valence-corrected chi connectivity index (χ2v) is 5.29. The number of hydrogen-bond donors (Lipinski definition) is 1. The third-order valence-electron chi connectivity index (χ3n) is 3.53. The molecule has 0 spiro atoms. The van der Waals surface area contributed by atoms with Gasteiger partial charge in [0.15, 0.2) is 0 Å². The highest BCUT2D eigenvalue weighted by Gasteiger charge is 2.16. The molecule has 19 heavy (non-hydrogen) atoms. The van der Waals surface area contributed by atoms with Crippen molar-refractivity contribution in [2.45, 2.75) is 26.2 Å². The maximum absolute atomic E-state index is 5.54. The number of rotatable bonds is 6. The van der Waals surface area contributed by atoms with Crippen molar-refractivity contribution in [3.05, 3.63) is 18.3 Å². The Morgan fingerprint density at radius 1 is 1.53 bits per heavy atom. The molecule has 1 fully saturated rings. The zero-order valence-corrected chi connectivity index (χ0v) is 12.1. The van der Waals surface area contributed by atoms with Crippen LogP contribution in [0.1, 0.15) is 26.2 Å². The molecule has 1 unspecified atom stereocenters. The third-order valence-corrected chi connectivity index (χ3v) is 3.53. The topological polar surface area (TPSA) is 37.4 Å². The Labute approximate surface area is 116 Å². The molecule has 1 atom stereocenters. The van der Waals surface area contributed by atoms with Crippen molar-refractivity contribution in [3.63, 3.8) is 0 Å². The predicted octanol–water partition coefficient (Wildman–Crippen LogP) is 2.77. The van der Waals surface area contributed by atoms with Crippen LogP contribution in [-0.4, -0.2) is 38.3 Å². The summed E-state index contributed by atoms with van der Waals surface area (Å²) in [7, 11) is 2.15. The summed E-state index contributed by atoms with van der Waals surface area (Å²) in [5.74, 6) is 1.62. The van der Waals surface area contributed by atoms with E-state index in [9.17, 15) is 0 Å². The number of anilines is 2. The van der Waals surface area contributed by atoms with E-state index in [2.05, 4.69) is 41.3 Å². The average Bonchev–Trinajstić information content (AvgIpc) is 2.46. The van der Waals surface area contributed by atoms with Gasteiger partial charge in [0.25, 0.3) is 0 Å². The van der Waals surface area contributed by atoms with Crippen LogP contribution in [0.5, 0.6) is 0 Å². The van der Waals surface area contributed by atoms with Gasteiger partial charge in [-0.3, -0.25) is 0 Å². The first-order valence-electron chi connectivity index (χ1n) is 7.28. The summed E-state index contributed by atoms with van der Waals surface area (Å²) in [5, 5.41) is 3.33. The lowest BCUT2D eigenvalue weighted by atomic mass is 10.0. The van der Waals surface area contributed by atoms with Crippen molar-refractivity contribution in [3.8, 4) is 0 Å². The van der Waals surface area contributed by atoms with Crippen LogP contribution in [0.4, 0.5) is 11.5 Å². The molecule has 0 aromatic carbocycles. The monoisotopic (exact) mass is 263 g/mol. The minimum Gasteiger partial charge on any atom is -0.381 e. The SMILES string of the molecule is CCCNc1cc(N(C)CC2CCCOC2)ccn1. The molecule has 1 N–H and O–H groups in total. The third kappa shape index (κ3) is 4.39. The smallest absolute Gasteiger partial charge is 0.127 e. The summed E-state index contributed by atoms with van der Waals surface area (Å²) in [4.78, 5) is 6.65. The average molecular weight is 263 g/mol. The summed E-state index contributed by atoms with van der Waals surface area (Å²) in [6.07, 6.45) is 5.46. The first-order chi connectivity index (χ1) is 9.29. The lowest BCUT2D eigenvalue weighted by Crippen LogP contribution is -2.30. The fourth-order valence-corrected chi connectivity index (χ4v) is 2.45. The van der Waals surface area contributed by atoms with Gasteiger partial charge in [-0.25, -0.2) is 4.98 Å². The Balaban J connectivity index is 1.91. The minimum absolute atomic E-state index is 0.652. The standard InChI is InChI=1S/C15H25N3O/c1-3-7-16-15-10-14(6-8-17-15)18(2)11-13-5-4-9-19-12-13/h6,8,10,13H,3-5,7,9,11-12H2,1-2H3,(H,16,17). The molecular formula is C15H25N3O. The lowest BCUT2D eigenvalue weighted by Gasteiger charge is -2.28. The second-order valence-electron chi connectivity index (χ2n) is 5.29. The Bertz CT molecular complexity index is 377. The fourth-order valence-electron chi connectivity index (χ4n) is 2.45. The van der Waals surface area contributed by atoms with Crippen LogP contribution in [0, 0.1) is 5.92 Å². The predicted molar refractivity (Wildman–Crippen MR) is 79.8 cm³/mol.